The fourth-order valence-electron chi connectivity index (χ4n) is 7.66. The molecule has 0 aliphatic heterocycles. The van der Waals surface area contributed by atoms with Crippen LogP contribution < -0.4 is 0 Å². The van der Waals surface area contributed by atoms with Crippen LogP contribution >= 0.6 is 47.8 Å². The van der Waals surface area contributed by atoms with Crippen molar-refractivity contribution in [2.24, 2.45) is 0 Å². The van der Waals surface area contributed by atoms with Crippen molar-refractivity contribution < 1.29 is 0 Å². The van der Waals surface area contributed by atoms with Gasteiger partial charge in [0.1, 0.15) is 0 Å². The number of aromatic nitrogens is 3. The molecule has 0 atom stereocenters. The second-order valence-corrected chi connectivity index (χ2v) is 16.9. The monoisotopic (exact) mass is 951 g/mol. The lowest BCUT2D eigenvalue weighted by Crippen LogP contribution is -1.97. The standard InChI is InChI=1S/C53H36Br3N3/c54-48-32-37(51-15-5-8-26-57-51)21-20-36(48)19-18-35-29-40(42-11-1-3-13-44(42)46-24-22-38(33-49(46)55)52-16-6-9-27-58-52)31-41(30-35)43-12-2-4-14-45(43)47-25-23-39(34-50(47)56)53-17-7-10-28-59-53/h1-17,20-34H,18-19H2. The minimum atomic E-state index is 0.859. The van der Waals surface area contributed by atoms with Gasteiger partial charge in [0.05, 0.1) is 17.1 Å². The van der Waals surface area contributed by atoms with Gasteiger partial charge in [-0.15, -0.1) is 0 Å². The molecule has 0 saturated carbocycles. The molecule has 6 heteroatoms. The molecule has 0 fully saturated rings. The average Bonchev–Trinajstić information content (AvgIpc) is 3.29. The average molecular weight is 955 g/mol. The third kappa shape index (κ3) is 8.53. The fraction of sp³-hybridized carbons (Fsp3) is 0.0377. The first kappa shape index (κ1) is 38.7. The minimum Gasteiger partial charge on any atom is -0.256 e. The number of rotatable bonds is 10. The molecule has 9 aromatic rings. The molecule has 59 heavy (non-hydrogen) atoms. The van der Waals surface area contributed by atoms with E-state index in [1.165, 1.54) is 22.3 Å². The molecule has 0 amide bonds. The summed E-state index contributed by atoms with van der Waals surface area (Å²) in [5, 5.41) is 0. The lowest BCUT2D eigenvalue weighted by atomic mass is 9.87. The van der Waals surface area contributed by atoms with Crippen LogP contribution in [0.3, 0.4) is 0 Å². The van der Waals surface area contributed by atoms with Gasteiger partial charge >= 0.3 is 0 Å². The summed E-state index contributed by atoms with van der Waals surface area (Å²) in [5.74, 6) is 0. The molecule has 3 nitrogen and oxygen atoms in total. The zero-order chi connectivity index (χ0) is 40.1. The predicted octanol–water partition coefficient (Wildman–Crippen LogP) is 15.6. The van der Waals surface area contributed by atoms with E-state index >= 15 is 0 Å². The van der Waals surface area contributed by atoms with Gasteiger partial charge in [0.25, 0.3) is 0 Å². The summed E-state index contributed by atoms with van der Waals surface area (Å²) in [6.07, 6.45) is 7.24. The van der Waals surface area contributed by atoms with Crippen LogP contribution in [0.1, 0.15) is 11.1 Å². The quantitative estimate of drug-likeness (QED) is 0.137. The van der Waals surface area contributed by atoms with Gasteiger partial charge in [-0.2, -0.15) is 0 Å². The predicted molar refractivity (Wildman–Crippen MR) is 255 cm³/mol. The van der Waals surface area contributed by atoms with Crippen LogP contribution in [-0.4, -0.2) is 15.0 Å². The smallest absolute Gasteiger partial charge is 0.0702 e. The highest BCUT2D eigenvalue weighted by atomic mass is 79.9. The van der Waals surface area contributed by atoms with Crippen LogP contribution in [0.25, 0.3) is 78.3 Å². The summed E-state index contributed by atoms with van der Waals surface area (Å²) >= 11 is 11.8. The lowest BCUT2D eigenvalue weighted by molar-refractivity contribution is 0.955. The van der Waals surface area contributed by atoms with Gasteiger partial charge in [-0.1, -0.05) is 163 Å². The van der Waals surface area contributed by atoms with Gasteiger partial charge in [0, 0.05) is 48.7 Å². The van der Waals surface area contributed by atoms with Crippen LogP contribution in [-0.2, 0) is 12.8 Å². The highest BCUT2D eigenvalue weighted by Gasteiger charge is 2.17. The zero-order valence-corrected chi connectivity index (χ0v) is 36.6. The molecule has 0 spiro atoms. The molecule has 6 aromatic carbocycles. The SMILES string of the molecule is Brc1cc(-c2ccccn2)ccc1CCc1cc(-c2ccccc2-c2ccc(-c3ccccn3)cc2Br)cc(-c2ccccc2-c2ccc(-c3ccccn3)cc2Br)c1. The number of halogens is 3. The zero-order valence-electron chi connectivity index (χ0n) is 31.9. The summed E-state index contributed by atoms with van der Waals surface area (Å²) in [7, 11) is 0. The van der Waals surface area contributed by atoms with E-state index in [-0.39, 0.29) is 0 Å². The summed E-state index contributed by atoms with van der Waals surface area (Å²) < 4.78 is 3.13. The molecular formula is C53H36Br3N3. The number of pyridine rings is 3. The highest BCUT2D eigenvalue weighted by Crippen LogP contribution is 2.42. The maximum absolute atomic E-state index is 4.59. The normalized spacial score (nSPS) is 11.1. The van der Waals surface area contributed by atoms with Crippen LogP contribution in [0.4, 0.5) is 0 Å². The van der Waals surface area contributed by atoms with E-state index in [0.29, 0.717) is 0 Å². The molecule has 0 aliphatic carbocycles. The van der Waals surface area contributed by atoms with Gasteiger partial charge in [0.2, 0.25) is 0 Å². The second-order valence-electron chi connectivity index (χ2n) is 14.4. The van der Waals surface area contributed by atoms with Gasteiger partial charge in [-0.25, -0.2) is 0 Å². The fourth-order valence-corrected chi connectivity index (χ4v) is 9.42. The van der Waals surface area contributed by atoms with Crippen molar-refractivity contribution in [3.05, 3.63) is 219 Å². The molecule has 9 rings (SSSR count). The van der Waals surface area contributed by atoms with Crippen LogP contribution in [0, 0.1) is 0 Å². The Morgan fingerprint density at radius 1 is 0.305 bits per heavy atom. The van der Waals surface area contributed by atoms with Crippen molar-refractivity contribution >= 4 is 47.8 Å². The molecule has 0 unspecified atom stereocenters. The van der Waals surface area contributed by atoms with Crippen molar-refractivity contribution in [2.45, 2.75) is 12.8 Å². The summed E-state index contributed by atoms with van der Waals surface area (Å²) in [6.45, 7) is 0. The minimum absolute atomic E-state index is 0.859. The van der Waals surface area contributed by atoms with E-state index in [4.69, 9.17) is 0 Å². The molecule has 0 aliphatic rings. The van der Waals surface area contributed by atoms with Crippen molar-refractivity contribution in [1.82, 2.24) is 15.0 Å². The first-order chi connectivity index (χ1) is 29.0. The van der Waals surface area contributed by atoms with E-state index in [1.54, 1.807) is 0 Å². The van der Waals surface area contributed by atoms with Crippen molar-refractivity contribution in [3.63, 3.8) is 0 Å². The second kappa shape index (κ2) is 17.6. The number of hydrogen-bond acceptors (Lipinski definition) is 3. The first-order valence-electron chi connectivity index (χ1n) is 19.4. The molecular weight excluding hydrogens is 918 g/mol. The van der Waals surface area contributed by atoms with Crippen LogP contribution in [0.5, 0.6) is 0 Å². The number of aryl methyl sites for hydroxylation is 2. The van der Waals surface area contributed by atoms with Gasteiger partial charge < -0.3 is 0 Å². The molecule has 0 bridgehead atoms. The molecule has 3 aromatic heterocycles. The molecule has 284 valence electrons. The third-order valence-electron chi connectivity index (χ3n) is 10.6. The largest absolute Gasteiger partial charge is 0.256 e. The number of hydrogen-bond donors (Lipinski definition) is 0. The Morgan fingerprint density at radius 2 is 0.712 bits per heavy atom. The van der Waals surface area contributed by atoms with E-state index in [2.05, 4.69) is 184 Å². The molecule has 0 N–H and O–H groups in total. The van der Waals surface area contributed by atoms with Crippen molar-refractivity contribution in [3.8, 4) is 78.3 Å². The number of nitrogens with zero attached hydrogens (tertiary/aromatic N) is 3. The Morgan fingerprint density at radius 3 is 1.12 bits per heavy atom. The summed E-state index contributed by atoms with van der Waals surface area (Å²) in [4.78, 5) is 13.7. The number of benzene rings is 6. The Balaban J connectivity index is 1.13. The van der Waals surface area contributed by atoms with Gasteiger partial charge in [-0.05, 0) is 129 Å². The first-order valence-corrected chi connectivity index (χ1v) is 21.8. The highest BCUT2D eigenvalue weighted by molar-refractivity contribution is 9.11. The maximum Gasteiger partial charge on any atom is 0.0702 e. The van der Waals surface area contributed by atoms with E-state index in [9.17, 15) is 0 Å². The van der Waals surface area contributed by atoms with Gasteiger partial charge in [0.15, 0.2) is 0 Å². The Bertz CT molecular complexity index is 2760. The molecule has 0 saturated heterocycles. The van der Waals surface area contributed by atoms with Crippen molar-refractivity contribution in [2.75, 3.05) is 0 Å². The van der Waals surface area contributed by atoms with E-state index in [1.807, 2.05) is 73.2 Å². The van der Waals surface area contributed by atoms with Crippen LogP contribution in [0.2, 0.25) is 0 Å². The topological polar surface area (TPSA) is 38.7 Å². The third-order valence-corrected chi connectivity index (χ3v) is 12.7. The Labute approximate surface area is 370 Å². The van der Waals surface area contributed by atoms with Crippen LogP contribution in [0.15, 0.2) is 208 Å². The molecule has 0 radical (unpaired) electrons. The summed E-state index contributed by atoms with van der Waals surface area (Å²) in [5.41, 5.74) is 17.8. The lowest BCUT2D eigenvalue weighted by Gasteiger charge is -2.18. The van der Waals surface area contributed by atoms with Gasteiger partial charge in [-0.3, -0.25) is 15.0 Å². The Hall–Kier alpha value is -5.79. The van der Waals surface area contributed by atoms with E-state index in [0.717, 1.165) is 93.4 Å². The Kier molecular flexibility index (Phi) is 11.5. The van der Waals surface area contributed by atoms with E-state index < -0.39 is 0 Å². The maximum atomic E-state index is 4.59. The summed E-state index contributed by atoms with van der Waals surface area (Å²) in [6, 6.07) is 62.2. The molecule has 3 heterocycles. The van der Waals surface area contributed by atoms with Crippen molar-refractivity contribution in [1.29, 1.82) is 0 Å².